The van der Waals surface area contributed by atoms with Crippen molar-refractivity contribution in [1.82, 2.24) is 10.2 Å². The predicted octanol–water partition coefficient (Wildman–Crippen LogP) is 0.329. The third-order valence-electron chi connectivity index (χ3n) is 2.95. The molecule has 1 saturated heterocycles. The Balaban J connectivity index is 2.36. The van der Waals surface area contributed by atoms with E-state index in [2.05, 4.69) is 5.32 Å². The summed E-state index contributed by atoms with van der Waals surface area (Å²) in [5.41, 5.74) is -1.61. The smallest absolute Gasteiger partial charge is 0.410 e. The molecule has 2 atom stereocenters. The second-order valence-corrected chi connectivity index (χ2v) is 6.45. The predicted molar refractivity (Wildman–Crippen MR) is 71.9 cm³/mol. The summed E-state index contributed by atoms with van der Waals surface area (Å²) in [4.78, 5) is 13.5. The average molecular weight is 274 g/mol. The van der Waals surface area contributed by atoms with Crippen LogP contribution in [0.1, 0.15) is 34.1 Å². The van der Waals surface area contributed by atoms with E-state index in [1.165, 1.54) is 0 Å². The minimum atomic E-state index is -1.13. The van der Waals surface area contributed by atoms with Crippen LogP contribution in [0.4, 0.5) is 4.79 Å². The Labute approximate surface area is 114 Å². The Morgan fingerprint density at radius 1 is 1.42 bits per heavy atom. The van der Waals surface area contributed by atoms with Gasteiger partial charge in [0, 0.05) is 25.7 Å². The van der Waals surface area contributed by atoms with Crippen LogP contribution >= 0.6 is 0 Å². The first-order valence-electron chi connectivity index (χ1n) is 6.67. The lowest BCUT2D eigenvalue weighted by Gasteiger charge is -2.25. The minimum absolute atomic E-state index is 0.130. The number of aliphatic hydroxyl groups is 2. The second-order valence-electron chi connectivity index (χ2n) is 6.45. The number of hydrogen-bond donors (Lipinski definition) is 3. The summed E-state index contributed by atoms with van der Waals surface area (Å²) in [6.45, 7) is 8.32. The van der Waals surface area contributed by atoms with E-state index in [1.807, 2.05) is 20.8 Å². The number of likely N-dealkylation sites (tertiary alicyclic amines) is 1. The Bertz CT molecular complexity index is 312. The standard InChI is InChI=1S/C13H26N2O4/c1-12(2,3)19-11(17)15-6-5-10(7-15)14-8-13(4,18)9-16/h10,14,16,18H,5-9H2,1-4H3. The fourth-order valence-electron chi connectivity index (χ4n) is 1.84. The van der Waals surface area contributed by atoms with Crippen molar-refractivity contribution in [2.45, 2.75) is 51.4 Å². The third-order valence-corrected chi connectivity index (χ3v) is 2.95. The molecule has 0 bridgehead atoms. The highest BCUT2D eigenvalue weighted by Gasteiger charge is 2.30. The summed E-state index contributed by atoms with van der Waals surface area (Å²) in [6, 6.07) is 0.130. The number of nitrogens with one attached hydrogen (secondary N) is 1. The number of ether oxygens (including phenoxy) is 1. The molecule has 1 amide bonds. The molecule has 0 aromatic carbocycles. The van der Waals surface area contributed by atoms with Gasteiger partial charge in [0.2, 0.25) is 0 Å². The number of rotatable bonds is 4. The SMILES string of the molecule is CC(O)(CO)CNC1CCN(C(=O)OC(C)(C)C)C1. The highest BCUT2D eigenvalue weighted by Crippen LogP contribution is 2.15. The van der Waals surface area contributed by atoms with Gasteiger partial charge in [0.05, 0.1) is 12.2 Å². The molecular formula is C13H26N2O4. The number of amides is 1. The molecule has 0 spiro atoms. The van der Waals surface area contributed by atoms with E-state index in [4.69, 9.17) is 9.84 Å². The van der Waals surface area contributed by atoms with Gasteiger partial charge in [-0.25, -0.2) is 4.79 Å². The van der Waals surface area contributed by atoms with Gasteiger partial charge in [0.25, 0.3) is 0 Å². The molecule has 1 aliphatic heterocycles. The normalized spacial score (nSPS) is 23.3. The second kappa shape index (κ2) is 6.07. The molecule has 0 radical (unpaired) electrons. The molecule has 0 aromatic heterocycles. The number of carbonyl (C=O) groups is 1. The van der Waals surface area contributed by atoms with Crippen LogP contribution in [0.2, 0.25) is 0 Å². The van der Waals surface area contributed by atoms with Crippen LogP contribution in [0.5, 0.6) is 0 Å². The van der Waals surface area contributed by atoms with Crippen molar-refractivity contribution in [3.05, 3.63) is 0 Å². The monoisotopic (exact) mass is 274 g/mol. The lowest BCUT2D eigenvalue weighted by atomic mass is 10.1. The number of aliphatic hydroxyl groups excluding tert-OH is 1. The van der Waals surface area contributed by atoms with Crippen LogP contribution in [0, 0.1) is 0 Å². The van der Waals surface area contributed by atoms with Gasteiger partial charge in [0.1, 0.15) is 5.60 Å². The summed E-state index contributed by atoms with van der Waals surface area (Å²) < 4.78 is 5.31. The van der Waals surface area contributed by atoms with Crippen molar-refractivity contribution in [3.8, 4) is 0 Å². The molecule has 2 unspecified atom stereocenters. The van der Waals surface area contributed by atoms with E-state index >= 15 is 0 Å². The van der Waals surface area contributed by atoms with E-state index in [0.29, 0.717) is 19.6 Å². The first-order valence-corrected chi connectivity index (χ1v) is 6.67. The number of hydrogen-bond acceptors (Lipinski definition) is 5. The van der Waals surface area contributed by atoms with Crippen LogP contribution in [-0.4, -0.2) is 64.7 Å². The molecule has 1 rings (SSSR count). The van der Waals surface area contributed by atoms with E-state index in [-0.39, 0.29) is 18.7 Å². The first kappa shape index (κ1) is 16.2. The maximum absolute atomic E-state index is 11.9. The Morgan fingerprint density at radius 3 is 2.58 bits per heavy atom. The third kappa shape index (κ3) is 5.76. The summed E-state index contributed by atoms with van der Waals surface area (Å²) >= 11 is 0. The molecule has 1 aliphatic rings. The highest BCUT2D eigenvalue weighted by atomic mass is 16.6. The van der Waals surface area contributed by atoms with E-state index in [9.17, 15) is 9.90 Å². The fourth-order valence-corrected chi connectivity index (χ4v) is 1.84. The van der Waals surface area contributed by atoms with Gasteiger partial charge < -0.3 is 25.2 Å². The molecular weight excluding hydrogens is 248 g/mol. The summed E-state index contributed by atoms with van der Waals surface area (Å²) in [5, 5.41) is 21.8. The zero-order valence-electron chi connectivity index (χ0n) is 12.3. The van der Waals surface area contributed by atoms with Crippen molar-refractivity contribution < 1.29 is 19.7 Å². The summed E-state index contributed by atoms with van der Waals surface area (Å²) in [6.07, 6.45) is 0.520. The average Bonchev–Trinajstić information content (AvgIpc) is 2.73. The van der Waals surface area contributed by atoms with Gasteiger partial charge >= 0.3 is 6.09 Å². The van der Waals surface area contributed by atoms with Crippen molar-refractivity contribution in [2.75, 3.05) is 26.2 Å². The molecule has 1 heterocycles. The van der Waals surface area contributed by atoms with Crippen molar-refractivity contribution >= 4 is 6.09 Å². The molecule has 6 nitrogen and oxygen atoms in total. The van der Waals surface area contributed by atoms with Crippen LogP contribution < -0.4 is 5.32 Å². The molecule has 19 heavy (non-hydrogen) atoms. The van der Waals surface area contributed by atoms with Gasteiger partial charge in [0.15, 0.2) is 0 Å². The van der Waals surface area contributed by atoms with Gasteiger partial charge in [-0.1, -0.05) is 0 Å². The highest BCUT2D eigenvalue weighted by molar-refractivity contribution is 5.68. The molecule has 3 N–H and O–H groups in total. The van der Waals surface area contributed by atoms with Gasteiger partial charge in [-0.05, 0) is 34.1 Å². The largest absolute Gasteiger partial charge is 0.444 e. The molecule has 112 valence electrons. The van der Waals surface area contributed by atoms with Crippen LogP contribution in [0.25, 0.3) is 0 Å². The van der Waals surface area contributed by atoms with Gasteiger partial charge in [-0.2, -0.15) is 0 Å². The van der Waals surface area contributed by atoms with Crippen molar-refractivity contribution in [2.24, 2.45) is 0 Å². The van der Waals surface area contributed by atoms with Crippen LogP contribution in [0.15, 0.2) is 0 Å². The first-order chi connectivity index (χ1) is 8.63. The van der Waals surface area contributed by atoms with Crippen molar-refractivity contribution in [3.63, 3.8) is 0 Å². The summed E-state index contributed by atoms with van der Waals surface area (Å²) in [5.74, 6) is 0. The molecule has 0 saturated carbocycles. The lowest BCUT2D eigenvalue weighted by Crippen LogP contribution is -2.46. The zero-order chi connectivity index (χ0) is 14.7. The lowest BCUT2D eigenvalue weighted by molar-refractivity contribution is 0.000738. The molecule has 1 fully saturated rings. The van der Waals surface area contributed by atoms with Gasteiger partial charge in [-0.3, -0.25) is 0 Å². The molecule has 6 heteroatoms. The topological polar surface area (TPSA) is 82.0 Å². The van der Waals surface area contributed by atoms with E-state index in [0.717, 1.165) is 6.42 Å². The van der Waals surface area contributed by atoms with Gasteiger partial charge in [-0.15, -0.1) is 0 Å². The summed E-state index contributed by atoms with van der Waals surface area (Å²) in [7, 11) is 0. The van der Waals surface area contributed by atoms with Crippen LogP contribution in [-0.2, 0) is 4.74 Å². The Hall–Kier alpha value is -0.850. The minimum Gasteiger partial charge on any atom is -0.444 e. The van der Waals surface area contributed by atoms with E-state index < -0.39 is 11.2 Å². The number of nitrogens with zero attached hydrogens (tertiary/aromatic N) is 1. The molecule has 0 aliphatic carbocycles. The molecule has 0 aromatic rings. The quantitative estimate of drug-likeness (QED) is 0.688. The van der Waals surface area contributed by atoms with E-state index in [1.54, 1.807) is 11.8 Å². The number of carbonyl (C=O) groups excluding carboxylic acids is 1. The van der Waals surface area contributed by atoms with Crippen LogP contribution in [0.3, 0.4) is 0 Å². The maximum Gasteiger partial charge on any atom is 0.410 e. The van der Waals surface area contributed by atoms with Crippen molar-refractivity contribution in [1.29, 1.82) is 0 Å². The Kier molecular flexibility index (Phi) is 5.18. The fraction of sp³-hybridized carbons (Fsp3) is 0.923. The Morgan fingerprint density at radius 2 is 2.05 bits per heavy atom. The maximum atomic E-state index is 11.9. The zero-order valence-corrected chi connectivity index (χ0v) is 12.3.